The molecule has 0 saturated heterocycles. The molecule has 0 saturated carbocycles. The van der Waals surface area contributed by atoms with Gasteiger partial charge in [0.05, 0.1) is 6.10 Å². The summed E-state index contributed by atoms with van der Waals surface area (Å²) >= 11 is 0. The summed E-state index contributed by atoms with van der Waals surface area (Å²) < 4.78 is 5.20. The smallest absolute Gasteiger partial charge is 0.330 e. The highest BCUT2D eigenvalue weighted by Gasteiger charge is 2.05. The molecule has 0 aromatic carbocycles. The van der Waals surface area contributed by atoms with E-state index in [1.165, 1.54) is 6.08 Å². The highest BCUT2D eigenvalue weighted by Crippen LogP contribution is 2.08. The lowest BCUT2D eigenvalue weighted by atomic mass is 10.1. The predicted molar refractivity (Wildman–Crippen MR) is 76.7 cm³/mol. The number of cyclic esters (lactones) is 1. The molecular formula is C16H24O3. The molecule has 1 aliphatic rings. The van der Waals surface area contributed by atoms with Gasteiger partial charge in [0.25, 0.3) is 0 Å². The summed E-state index contributed by atoms with van der Waals surface area (Å²) in [6.45, 7) is 1.87. The number of aliphatic hydroxyl groups excluding tert-OH is 1. The van der Waals surface area contributed by atoms with Crippen LogP contribution >= 0.6 is 0 Å². The SMILES string of the molecule is CC1C/C=C\C=C\CCCCC(O)C/C=C/C(=O)O1. The summed E-state index contributed by atoms with van der Waals surface area (Å²) in [5.74, 6) is -0.337. The van der Waals surface area contributed by atoms with Crippen molar-refractivity contribution >= 4 is 5.97 Å². The van der Waals surface area contributed by atoms with Gasteiger partial charge in [-0.1, -0.05) is 36.8 Å². The van der Waals surface area contributed by atoms with Crippen LogP contribution in [0.2, 0.25) is 0 Å². The molecule has 106 valence electrons. The Hall–Kier alpha value is -1.35. The van der Waals surface area contributed by atoms with Crippen molar-refractivity contribution in [3.8, 4) is 0 Å². The Kier molecular flexibility index (Phi) is 7.91. The number of allylic oxidation sites excluding steroid dienone is 3. The normalized spacial score (nSPS) is 32.2. The minimum atomic E-state index is -0.363. The van der Waals surface area contributed by atoms with E-state index in [1.54, 1.807) is 6.08 Å². The van der Waals surface area contributed by atoms with Crippen molar-refractivity contribution in [2.45, 2.75) is 57.7 Å². The van der Waals surface area contributed by atoms with E-state index >= 15 is 0 Å². The molecule has 0 radical (unpaired) electrons. The van der Waals surface area contributed by atoms with Gasteiger partial charge in [0.1, 0.15) is 6.10 Å². The van der Waals surface area contributed by atoms with Crippen LogP contribution < -0.4 is 0 Å². The van der Waals surface area contributed by atoms with Crippen molar-refractivity contribution in [2.75, 3.05) is 0 Å². The van der Waals surface area contributed by atoms with Crippen molar-refractivity contribution in [2.24, 2.45) is 0 Å². The molecule has 1 N–H and O–H groups in total. The Balaban J connectivity index is 2.52. The Morgan fingerprint density at radius 1 is 1.16 bits per heavy atom. The van der Waals surface area contributed by atoms with Crippen LogP contribution in [0.3, 0.4) is 0 Å². The van der Waals surface area contributed by atoms with E-state index < -0.39 is 0 Å². The largest absolute Gasteiger partial charge is 0.459 e. The summed E-state index contributed by atoms with van der Waals surface area (Å²) in [5.41, 5.74) is 0. The number of carbonyl (C=O) groups is 1. The highest BCUT2D eigenvalue weighted by atomic mass is 16.5. The van der Waals surface area contributed by atoms with E-state index in [0.29, 0.717) is 12.8 Å². The average Bonchev–Trinajstić information content (AvgIpc) is 2.35. The van der Waals surface area contributed by atoms with E-state index in [0.717, 1.165) is 25.7 Å². The molecular weight excluding hydrogens is 240 g/mol. The van der Waals surface area contributed by atoms with E-state index in [4.69, 9.17) is 4.74 Å². The minimum absolute atomic E-state index is 0.125. The van der Waals surface area contributed by atoms with Crippen LogP contribution in [0.15, 0.2) is 36.5 Å². The van der Waals surface area contributed by atoms with Crippen molar-refractivity contribution < 1.29 is 14.6 Å². The molecule has 0 spiro atoms. The van der Waals surface area contributed by atoms with Crippen molar-refractivity contribution in [3.05, 3.63) is 36.5 Å². The van der Waals surface area contributed by atoms with Crippen molar-refractivity contribution in [1.82, 2.24) is 0 Å². The average molecular weight is 264 g/mol. The van der Waals surface area contributed by atoms with E-state index in [-0.39, 0.29) is 18.2 Å². The maximum Gasteiger partial charge on any atom is 0.330 e. The number of ether oxygens (including phenoxy) is 1. The maximum atomic E-state index is 11.5. The lowest BCUT2D eigenvalue weighted by molar-refractivity contribution is -0.141. The molecule has 0 amide bonds. The molecule has 0 aromatic heterocycles. The fourth-order valence-corrected chi connectivity index (χ4v) is 1.89. The van der Waals surface area contributed by atoms with Gasteiger partial charge in [-0.2, -0.15) is 0 Å². The number of carbonyl (C=O) groups excluding carboxylic acids is 1. The van der Waals surface area contributed by atoms with Crippen LogP contribution in [0.5, 0.6) is 0 Å². The highest BCUT2D eigenvalue weighted by molar-refractivity contribution is 5.82. The molecule has 3 nitrogen and oxygen atoms in total. The first-order valence-electron chi connectivity index (χ1n) is 7.05. The van der Waals surface area contributed by atoms with Gasteiger partial charge in [-0.25, -0.2) is 4.79 Å². The molecule has 0 fully saturated rings. The Labute approximate surface area is 115 Å². The van der Waals surface area contributed by atoms with Crippen LogP contribution in [-0.2, 0) is 9.53 Å². The third-order valence-electron chi connectivity index (χ3n) is 2.99. The molecule has 0 bridgehead atoms. The van der Waals surface area contributed by atoms with Gasteiger partial charge < -0.3 is 9.84 Å². The summed E-state index contributed by atoms with van der Waals surface area (Å²) in [7, 11) is 0. The van der Waals surface area contributed by atoms with Crippen LogP contribution in [-0.4, -0.2) is 23.3 Å². The molecule has 2 unspecified atom stereocenters. The first-order valence-corrected chi connectivity index (χ1v) is 7.05. The van der Waals surface area contributed by atoms with Gasteiger partial charge in [-0.15, -0.1) is 0 Å². The van der Waals surface area contributed by atoms with Crippen LogP contribution in [0.4, 0.5) is 0 Å². The molecule has 0 aromatic rings. The Morgan fingerprint density at radius 2 is 1.95 bits per heavy atom. The van der Waals surface area contributed by atoms with Crippen LogP contribution in [0, 0.1) is 0 Å². The Bertz CT molecular complexity index is 342. The van der Waals surface area contributed by atoms with Gasteiger partial charge in [0, 0.05) is 12.5 Å². The fraction of sp³-hybridized carbons (Fsp3) is 0.562. The van der Waals surface area contributed by atoms with E-state index in [2.05, 4.69) is 6.08 Å². The summed E-state index contributed by atoms with van der Waals surface area (Å²) in [6.07, 6.45) is 15.9. The second-order valence-corrected chi connectivity index (χ2v) is 4.92. The van der Waals surface area contributed by atoms with E-state index in [9.17, 15) is 9.90 Å². The van der Waals surface area contributed by atoms with Crippen LogP contribution in [0.25, 0.3) is 0 Å². The minimum Gasteiger partial charge on any atom is -0.459 e. The number of aliphatic hydroxyl groups is 1. The summed E-state index contributed by atoms with van der Waals surface area (Å²) in [6, 6.07) is 0. The molecule has 0 aliphatic carbocycles. The summed E-state index contributed by atoms with van der Waals surface area (Å²) in [4.78, 5) is 11.5. The first-order chi connectivity index (χ1) is 9.18. The number of hydrogen-bond acceptors (Lipinski definition) is 3. The third-order valence-corrected chi connectivity index (χ3v) is 2.99. The fourth-order valence-electron chi connectivity index (χ4n) is 1.89. The first kappa shape index (κ1) is 15.7. The Morgan fingerprint density at radius 3 is 2.79 bits per heavy atom. The quantitative estimate of drug-likeness (QED) is 0.683. The zero-order chi connectivity index (χ0) is 13.9. The van der Waals surface area contributed by atoms with Gasteiger partial charge in [-0.3, -0.25) is 0 Å². The standard InChI is InChI=1S/C16H24O3/c1-14-10-7-5-3-2-4-6-8-11-15(17)12-9-13-16(18)19-14/h2-3,5,7,9,13-15,17H,4,6,8,10-12H2,1H3/b3-2+,7-5-,13-9+. The molecule has 3 heteroatoms. The van der Waals surface area contributed by atoms with Gasteiger partial charge in [0.2, 0.25) is 0 Å². The monoisotopic (exact) mass is 264 g/mol. The number of esters is 1. The van der Waals surface area contributed by atoms with Gasteiger partial charge in [-0.05, 0) is 32.6 Å². The molecule has 1 rings (SSSR count). The zero-order valence-electron chi connectivity index (χ0n) is 11.6. The lowest BCUT2D eigenvalue weighted by Crippen LogP contribution is -2.12. The van der Waals surface area contributed by atoms with E-state index in [1.807, 2.05) is 25.2 Å². The number of rotatable bonds is 0. The van der Waals surface area contributed by atoms with Crippen molar-refractivity contribution in [3.63, 3.8) is 0 Å². The molecule has 1 heterocycles. The maximum absolute atomic E-state index is 11.5. The topological polar surface area (TPSA) is 46.5 Å². The zero-order valence-corrected chi connectivity index (χ0v) is 11.6. The van der Waals surface area contributed by atoms with Gasteiger partial charge in [0.15, 0.2) is 0 Å². The van der Waals surface area contributed by atoms with Gasteiger partial charge >= 0.3 is 5.97 Å². The molecule has 2 atom stereocenters. The molecule has 19 heavy (non-hydrogen) atoms. The number of hydrogen-bond donors (Lipinski definition) is 1. The summed E-state index contributed by atoms with van der Waals surface area (Å²) in [5, 5.41) is 9.73. The second kappa shape index (κ2) is 9.56. The van der Waals surface area contributed by atoms with Crippen LogP contribution in [0.1, 0.15) is 45.4 Å². The molecule has 1 aliphatic heterocycles. The lowest BCUT2D eigenvalue weighted by Gasteiger charge is -2.09. The third kappa shape index (κ3) is 8.38. The second-order valence-electron chi connectivity index (χ2n) is 4.92. The van der Waals surface area contributed by atoms with Crippen molar-refractivity contribution in [1.29, 1.82) is 0 Å². The predicted octanol–water partition coefficient (Wildman–Crippen LogP) is 3.30.